The second-order valence-corrected chi connectivity index (χ2v) is 7.00. The molecule has 0 saturated carbocycles. The lowest BCUT2D eigenvalue weighted by atomic mass is 9.91. The summed E-state index contributed by atoms with van der Waals surface area (Å²) in [6.45, 7) is 3.48. The lowest BCUT2D eigenvalue weighted by Gasteiger charge is -2.36. The third-order valence-corrected chi connectivity index (χ3v) is 4.14. The fraction of sp³-hybridized carbons (Fsp3) is 0.938. The van der Waals surface area contributed by atoms with E-state index in [1.54, 1.807) is 0 Å². The molecule has 0 N–H and O–H groups in total. The topological polar surface area (TPSA) is 23.8 Å². The molecule has 0 unspecified atom stereocenters. The zero-order valence-electron chi connectivity index (χ0n) is 13.9. The predicted molar refractivity (Wildman–Crippen MR) is 87.6 cm³/mol. The maximum Gasteiger partial charge on any atom is 0.281 e. The fourth-order valence-corrected chi connectivity index (χ4v) is 2.63. The molecule has 0 amide bonds. The first-order chi connectivity index (χ1) is 9.12. The Bertz CT molecular complexity index is 233. The van der Waals surface area contributed by atoms with Gasteiger partial charge in [-0.15, -0.1) is 0 Å². The summed E-state index contributed by atoms with van der Waals surface area (Å²) in [7, 11) is 3.97. The normalized spacial score (nSPS) is 11.5. The maximum absolute atomic E-state index is 8.77. The van der Waals surface area contributed by atoms with Gasteiger partial charge in [-0.1, -0.05) is 70.7 Å². The number of hydrogen-bond donors (Lipinski definition) is 0. The molecule has 19 heavy (non-hydrogen) atoms. The maximum atomic E-state index is 8.77. The van der Waals surface area contributed by atoms with Gasteiger partial charge in [0.25, 0.3) is 7.41 Å². The second-order valence-electron chi connectivity index (χ2n) is 7.00. The molecule has 0 fully saturated rings. The van der Waals surface area contributed by atoms with E-state index in [2.05, 4.69) is 27.0 Å². The molecule has 0 heterocycles. The van der Waals surface area contributed by atoms with Gasteiger partial charge in [-0.3, -0.25) is 0 Å². The van der Waals surface area contributed by atoms with Gasteiger partial charge in [0.1, 0.15) is 0 Å². The van der Waals surface area contributed by atoms with E-state index in [-0.39, 0.29) is 0 Å². The molecule has 0 atom stereocenters. The molecule has 0 spiro atoms. The number of hydrogen-bond acceptors (Lipinski definition) is 1. The van der Waals surface area contributed by atoms with Crippen LogP contribution in [0.3, 0.4) is 0 Å². The van der Waals surface area contributed by atoms with Crippen LogP contribution in [-0.2, 0) is 0 Å². The summed E-state index contributed by atoms with van der Waals surface area (Å²) in [5.74, 6) is 2.39. The van der Waals surface area contributed by atoms with Gasteiger partial charge in [-0.25, -0.2) is 5.26 Å². The number of nitrogens with zero attached hydrogens (tertiary/aromatic N) is 2. The number of rotatable bonds is 13. The largest absolute Gasteiger partial charge is 0.513 e. The lowest BCUT2D eigenvalue weighted by Crippen LogP contribution is -2.43. The van der Waals surface area contributed by atoms with E-state index in [9.17, 15) is 0 Å². The van der Waals surface area contributed by atoms with Crippen LogP contribution in [0.2, 0.25) is 0 Å². The van der Waals surface area contributed by atoms with Gasteiger partial charge in [-0.2, -0.15) is 0 Å². The number of nitriles is 1. The monoisotopic (exact) mass is 266 g/mol. The highest BCUT2D eigenvalue weighted by Gasteiger charge is 2.06. The Hall–Kier alpha value is -0.485. The van der Waals surface area contributed by atoms with E-state index in [0.717, 1.165) is 4.39 Å². The van der Waals surface area contributed by atoms with Crippen molar-refractivity contribution in [3.63, 3.8) is 0 Å². The lowest BCUT2D eigenvalue weighted by molar-refractivity contribution is -0.777. The summed E-state index contributed by atoms with van der Waals surface area (Å²) < 4.78 is 0.980. The highest BCUT2D eigenvalue weighted by molar-refractivity contribution is 6.36. The molecule has 0 aliphatic carbocycles. The molecular weight excluding hydrogens is 231 g/mol. The van der Waals surface area contributed by atoms with E-state index >= 15 is 0 Å². The van der Waals surface area contributed by atoms with Gasteiger partial charge >= 0.3 is 0 Å². The van der Waals surface area contributed by atoms with Crippen LogP contribution in [0.4, 0.5) is 0 Å². The summed E-state index contributed by atoms with van der Waals surface area (Å²) in [5, 5.41) is 8.77. The first-order valence-electron chi connectivity index (χ1n) is 8.59. The molecule has 0 aliphatic heterocycles. The molecule has 0 saturated heterocycles. The summed E-state index contributed by atoms with van der Waals surface area (Å²) in [6, 6.07) is 0. The van der Waals surface area contributed by atoms with Gasteiger partial charge in [0, 0.05) is 20.6 Å². The Morgan fingerprint density at radius 1 is 0.789 bits per heavy atom. The highest BCUT2D eigenvalue weighted by atomic mass is 15.2. The minimum absolute atomic E-state index is 0.445. The van der Waals surface area contributed by atoms with Crippen LogP contribution >= 0.6 is 0 Å². The fourth-order valence-electron chi connectivity index (χ4n) is 2.63. The number of unbranched alkanes of at least 4 members (excludes halogenated alkanes) is 10. The van der Waals surface area contributed by atoms with Crippen LogP contribution in [0, 0.1) is 11.2 Å². The molecule has 3 heteroatoms. The Balaban J connectivity index is 3.17. The molecule has 0 aromatic rings. The van der Waals surface area contributed by atoms with Crippen molar-refractivity contribution in [1.29, 1.82) is 5.26 Å². The summed E-state index contributed by atoms with van der Waals surface area (Å²) in [6.07, 6.45) is 15.4. The van der Waals surface area contributed by atoms with Crippen LogP contribution in [-0.4, -0.2) is 32.4 Å². The third-order valence-electron chi connectivity index (χ3n) is 4.14. The van der Waals surface area contributed by atoms with Crippen LogP contribution in [0.25, 0.3) is 0 Å². The van der Waals surface area contributed by atoms with Crippen LogP contribution in [0.1, 0.15) is 77.6 Å². The minimum atomic E-state index is -0.445. The summed E-state index contributed by atoms with van der Waals surface area (Å²) in [4.78, 5) is 0. The van der Waals surface area contributed by atoms with Gasteiger partial charge < -0.3 is 4.39 Å². The van der Waals surface area contributed by atoms with Crippen molar-refractivity contribution in [2.24, 2.45) is 0 Å². The molecule has 0 aliphatic rings. The molecule has 2 nitrogen and oxygen atoms in total. The van der Waals surface area contributed by atoms with Crippen molar-refractivity contribution < 1.29 is 4.39 Å². The predicted octanol–water partition coefficient (Wildman–Crippen LogP) is 3.94. The average molecular weight is 266 g/mol. The first-order valence-corrected chi connectivity index (χ1v) is 8.59. The van der Waals surface area contributed by atoms with E-state index < -0.39 is 7.41 Å². The Kier molecular flexibility index (Phi) is 12.2. The summed E-state index contributed by atoms with van der Waals surface area (Å²) in [5.41, 5.74) is 0. The minimum Gasteiger partial charge on any atom is -0.513 e. The van der Waals surface area contributed by atoms with Crippen molar-refractivity contribution >= 4 is 7.41 Å². The first kappa shape index (κ1) is 18.5. The van der Waals surface area contributed by atoms with E-state index in [4.69, 9.17) is 5.26 Å². The van der Waals surface area contributed by atoms with Gasteiger partial charge in [0.2, 0.25) is 0 Å². The van der Waals surface area contributed by atoms with Crippen LogP contribution in [0.5, 0.6) is 0 Å². The zero-order valence-corrected chi connectivity index (χ0v) is 13.9. The Labute approximate surface area is 122 Å². The van der Waals surface area contributed by atoms with Crippen molar-refractivity contribution in [2.45, 2.75) is 77.6 Å². The van der Waals surface area contributed by atoms with E-state index in [1.165, 1.54) is 77.2 Å². The van der Waals surface area contributed by atoms with Gasteiger partial charge in [0.15, 0.2) is 0 Å². The van der Waals surface area contributed by atoms with Crippen LogP contribution < -0.4 is 0 Å². The smallest absolute Gasteiger partial charge is 0.281 e. The Morgan fingerprint density at radius 3 is 1.63 bits per heavy atom. The molecular formula is C16H35BN2. The van der Waals surface area contributed by atoms with Crippen molar-refractivity contribution in [1.82, 2.24) is 0 Å². The van der Waals surface area contributed by atoms with Crippen molar-refractivity contribution in [3.8, 4) is 5.97 Å². The van der Waals surface area contributed by atoms with Crippen molar-refractivity contribution in [2.75, 3.05) is 20.6 Å². The van der Waals surface area contributed by atoms with Gasteiger partial charge in [-0.05, 0) is 12.8 Å². The molecule has 0 bridgehead atoms. The zero-order chi connectivity index (χ0) is 14.4. The van der Waals surface area contributed by atoms with E-state index in [0.29, 0.717) is 0 Å². The van der Waals surface area contributed by atoms with E-state index in [1.807, 2.05) is 0 Å². The summed E-state index contributed by atoms with van der Waals surface area (Å²) >= 11 is 0. The molecule has 0 aromatic heterocycles. The second kappa shape index (κ2) is 12.5. The molecule has 0 rings (SSSR count). The Morgan fingerprint density at radius 2 is 1.21 bits per heavy atom. The SMILES string of the molecule is CCCCCCCCCCCCC[N+](C)(C)[BH2-]C#N. The number of quaternary nitrogens is 1. The molecule has 0 aromatic carbocycles. The van der Waals surface area contributed by atoms with Crippen LogP contribution in [0.15, 0.2) is 0 Å². The average Bonchev–Trinajstić information content (AvgIpc) is 2.36. The highest BCUT2D eigenvalue weighted by Crippen LogP contribution is 2.11. The quantitative estimate of drug-likeness (QED) is 0.366. The van der Waals surface area contributed by atoms with Crippen molar-refractivity contribution in [3.05, 3.63) is 0 Å². The standard InChI is InChI=1S/C16H35BN2/c1-4-5-6-7-8-9-10-11-12-13-14-15-19(2,3)17-16-18/h4-15,17H2,1-3H3. The molecule has 0 radical (unpaired) electrons. The third kappa shape index (κ3) is 13.7. The molecule has 112 valence electrons. The van der Waals surface area contributed by atoms with Gasteiger partial charge in [0.05, 0.1) is 0 Å².